The Balaban J connectivity index is 1.81. The molecule has 1 aliphatic rings. The number of hydrogen-bond donors (Lipinski definition) is 1. The number of rotatable bonds is 2. The van der Waals surface area contributed by atoms with Gasteiger partial charge in [0, 0.05) is 54.9 Å². The molecule has 1 aliphatic heterocycles. The van der Waals surface area contributed by atoms with Crippen LogP contribution in [0.15, 0.2) is 36.7 Å². The van der Waals surface area contributed by atoms with Gasteiger partial charge in [-0.15, -0.1) is 10.2 Å². The molecule has 28 heavy (non-hydrogen) atoms. The number of aromatic nitrogens is 3. The van der Waals surface area contributed by atoms with Crippen molar-refractivity contribution < 1.29 is 18.3 Å². The number of hydrogen-bond acceptors (Lipinski definition) is 6. The molecule has 0 unspecified atom stereocenters. The SMILES string of the molecule is CN1CCN(c2nnc(-c3ccc(C(F)(F)F)cc3O)c3cnccc23)CC1. The van der Waals surface area contributed by atoms with Crippen molar-refractivity contribution in [3.05, 3.63) is 42.2 Å². The Morgan fingerprint density at radius 2 is 1.75 bits per heavy atom. The van der Waals surface area contributed by atoms with Gasteiger partial charge >= 0.3 is 6.18 Å². The molecule has 0 amide bonds. The minimum atomic E-state index is -4.53. The topological polar surface area (TPSA) is 65.4 Å². The van der Waals surface area contributed by atoms with E-state index in [1.807, 2.05) is 6.07 Å². The largest absolute Gasteiger partial charge is 0.507 e. The van der Waals surface area contributed by atoms with Gasteiger partial charge in [-0.25, -0.2) is 0 Å². The predicted octanol–water partition coefficient (Wildman–Crippen LogP) is 3.17. The summed E-state index contributed by atoms with van der Waals surface area (Å²) in [6, 6.07) is 4.65. The van der Waals surface area contributed by atoms with Crippen LogP contribution in [-0.2, 0) is 6.18 Å². The number of phenolic OH excluding ortho intramolecular Hbond substituents is 1. The zero-order valence-corrected chi connectivity index (χ0v) is 15.1. The molecule has 0 bridgehead atoms. The van der Waals surface area contributed by atoms with Crippen LogP contribution in [0.5, 0.6) is 5.75 Å². The highest BCUT2D eigenvalue weighted by Crippen LogP contribution is 2.38. The van der Waals surface area contributed by atoms with Crippen molar-refractivity contribution in [2.24, 2.45) is 0 Å². The van der Waals surface area contributed by atoms with Crippen molar-refractivity contribution in [1.29, 1.82) is 0 Å². The lowest BCUT2D eigenvalue weighted by Crippen LogP contribution is -2.45. The average molecular weight is 389 g/mol. The molecule has 0 atom stereocenters. The summed E-state index contributed by atoms with van der Waals surface area (Å²) < 4.78 is 38.6. The Morgan fingerprint density at radius 3 is 2.43 bits per heavy atom. The molecule has 4 rings (SSSR count). The van der Waals surface area contributed by atoms with E-state index in [9.17, 15) is 18.3 Å². The van der Waals surface area contributed by atoms with Crippen molar-refractivity contribution in [3.8, 4) is 17.0 Å². The summed E-state index contributed by atoms with van der Waals surface area (Å²) in [6.07, 6.45) is -1.30. The van der Waals surface area contributed by atoms with E-state index in [0.29, 0.717) is 23.0 Å². The highest BCUT2D eigenvalue weighted by atomic mass is 19.4. The van der Waals surface area contributed by atoms with Gasteiger partial charge in [0.25, 0.3) is 0 Å². The van der Waals surface area contributed by atoms with Gasteiger partial charge in [-0.2, -0.15) is 13.2 Å². The number of aromatic hydroxyl groups is 1. The van der Waals surface area contributed by atoms with Crippen LogP contribution >= 0.6 is 0 Å². The van der Waals surface area contributed by atoms with Crippen LogP contribution in [0.3, 0.4) is 0 Å². The molecule has 0 aliphatic carbocycles. The molecule has 3 heterocycles. The maximum absolute atomic E-state index is 12.9. The molecule has 2 aromatic heterocycles. The molecule has 146 valence electrons. The molecular formula is C19H18F3N5O. The predicted molar refractivity (Wildman–Crippen MR) is 99.1 cm³/mol. The Kier molecular flexibility index (Phi) is 4.54. The summed E-state index contributed by atoms with van der Waals surface area (Å²) in [7, 11) is 2.06. The van der Waals surface area contributed by atoms with Crippen LogP contribution in [0.25, 0.3) is 22.0 Å². The van der Waals surface area contributed by atoms with Gasteiger partial charge in [-0.3, -0.25) is 4.98 Å². The maximum atomic E-state index is 12.9. The maximum Gasteiger partial charge on any atom is 0.416 e. The van der Waals surface area contributed by atoms with Gasteiger partial charge < -0.3 is 14.9 Å². The zero-order valence-electron chi connectivity index (χ0n) is 15.1. The third-order valence-corrected chi connectivity index (χ3v) is 4.94. The third kappa shape index (κ3) is 3.33. The fourth-order valence-electron chi connectivity index (χ4n) is 3.34. The smallest absolute Gasteiger partial charge is 0.416 e. The fraction of sp³-hybridized carbons (Fsp3) is 0.316. The van der Waals surface area contributed by atoms with Crippen LogP contribution < -0.4 is 4.90 Å². The third-order valence-electron chi connectivity index (χ3n) is 4.94. The lowest BCUT2D eigenvalue weighted by Gasteiger charge is -2.33. The monoisotopic (exact) mass is 389 g/mol. The fourth-order valence-corrected chi connectivity index (χ4v) is 3.34. The summed E-state index contributed by atoms with van der Waals surface area (Å²) in [4.78, 5) is 8.48. The Bertz CT molecular complexity index is 1020. The average Bonchev–Trinajstić information content (AvgIpc) is 2.67. The first-order valence-electron chi connectivity index (χ1n) is 8.79. The number of benzene rings is 1. The number of likely N-dealkylation sites (N-methyl/N-ethyl adjacent to an activating group) is 1. The van der Waals surface area contributed by atoms with E-state index in [1.165, 1.54) is 6.07 Å². The molecule has 0 radical (unpaired) electrons. The lowest BCUT2D eigenvalue weighted by atomic mass is 10.0. The molecule has 3 aromatic rings. The number of pyridine rings is 1. The van der Waals surface area contributed by atoms with Crippen molar-refractivity contribution in [2.45, 2.75) is 6.18 Å². The number of phenols is 1. The molecule has 6 nitrogen and oxygen atoms in total. The van der Waals surface area contributed by atoms with E-state index in [4.69, 9.17) is 0 Å². The standard InChI is InChI=1S/C19H18F3N5O/c1-26-6-8-27(9-7-26)18-13-4-5-23-11-15(13)17(24-25-18)14-3-2-12(10-16(14)28)19(20,21)22/h2-5,10-11,28H,6-9H2,1H3. The first-order chi connectivity index (χ1) is 13.3. The van der Waals surface area contributed by atoms with Gasteiger partial charge in [0.2, 0.25) is 0 Å². The number of nitrogens with zero attached hydrogens (tertiary/aromatic N) is 5. The Labute approximate surface area is 159 Å². The summed E-state index contributed by atoms with van der Waals surface area (Å²) >= 11 is 0. The molecule has 9 heteroatoms. The number of halogens is 3. The quantitative estimate of drug-likeness (QED) is 0.726. The molecule has 0 spiro atoms. The zero-order chi connectivity index (χ0) is 19.9. The Hall–Kier alpha value is -2.94. The number of alkyl halides is 3. The van der Waals surface area contributed by atoms with E-state index in [2.05, 4.69) is 32.0 Å². The van der Waals surface area contributed by atoms with Crippen LogP contribution in [0.1, 0.15) is 5.56 Å². The van der Waals surface area contributed by atoms with Crippen molar-refractivity contribution in [2.75, 3.05) is 38.1 Å². The van der Waals surface area contributed by atoms with E-state index in [-0.39, 0.29) is 5.56 Å². The van der Waals surface area contributed by atoms with Gasteiger partial charge in [-0.05, 0) is 31.3 Å². The molecule has 1 fully saturated rings. The molecular weight excluding hydrogens is 371 g/mol. The Morgan fingerprint density at radius 1 is 1.00 bits per heavy atom. The summed E-state index contributed by atoms with van der Waals surface area (Å²) in [5, 5.41) is 20.2. The van der Waals surface area contributed by atoms with E-state index in [0.717, 1.165) is 37.6 Å². The molecule has 1 saturated heterocycles. The second-order valence-electron chi connectivity index (χ2n) is 6.81. The molecule has 1 N–H and O–H groups in total. The van der Waals surface area contributed by atoms with Gasteiger partial charge in [0.05, 0.1) is 5.56 Å². The summed E-state index contributed by atoms with van der Waals surface area (Å²) in [5.41, 5.74) is -0.436. The number of anilines is 1. The highest BCUT2D eigenvalue weighted by molar-refractivity contribution is 6.00. The minimum absolute atomic E-state index is 0.184. The van der Waals surface area contributed by atoms with Gasteiger partial charge in [0.15, 0.2) is 5.82 Å². The van der Waals surface area contributed by atoms with Crippen molar-refractivity contribution in [3.63, 3.8) is 0 Å². The van der Waals surface area contributed by atoms with Crippen LogP contribution in [-0.4, -0.2) is 58.4 Å². The lowest BCUT2D eigenvalue weighted by molar-refractivity contribution is -0.137. The highest BCUT2D eigenvalue weighted by Gasteiger charge is 2.31. The van der Waals surface area contributed by atoms with Crippen LogP contribution in [0.4, 0.5) is 19.0 Å². The van der Waals surface area contributed by atoms with Crippen molar-refractivity contribution >= 4 is 16.6 Å². The molecule has 0 saturated carbocycles. The van der Waals surface area contributed by atoms with E-state index in [1.54, 1.807) is 12.4 Å². The number of fused-ring (bicyclic) bond motifs is 1. The van der Waals surface area contributed by atoms with Gasteiger partial charge in [0.1, 0.15) is 11.4 Å². The second kappa shape index (κ2) is 6.90. The first kappa shape index (κ1) is 18.4. The van der Waals surface area contributed by atoms with E-state index < -0.39 is 17.5 Å². The van der Waals surface area contributed by atoms with Crippen molar-refractivity contribution in [1.82, 2.24) is 20.1 Å². The van der Waals surface area contributed by atoms with E-state index >= 15 is 0 Å². The minimum Gasteiger partial charge on any atom is -0.507 e. The van der Waals surface area contributed by atoms with Gasteiger partial charge in [-0.1, -0.05) is 0 Å². The summed E-state index contributed by atoms with van der Waals surface area (Å²) in [6.45, 7) is 3.40. The summed E-state index contributed by atoms with van der Waals surface area (Å²) in [5.74, 6) is 0.210. The van der Waals surface area contributed by atoms with Crippen LogP contribution in [0, 0.1) is 0 Å². The second-order valence-corrected chi connectivity index (χ2v) is 6.81. The first-order valence-corrected chi connectivity index (χ1v) is 8.79. The normalized spacial score (nSPS) is 15.9. The molecule has 1 aromatic carbocycles. The number of piperazine rings is 1. The van der Waals surface area contributed by atoms with Crippen LogP contribution in [0.2, 0.25) is 0 Å².